The summed E-state index contributed by atoms with van der Waals surface area (Å²) < 4.78 is 6.50. The van der Waals surface area contributed by atoms with Gasteiger partial charge in [-0.2, -0.15) is 0 Å². The molecule has 0 aliphatic heterocycles. The van der Waals surface area contributed by atoms with E-state index in [1.165, 1.54) is 32.1 Å². The number of hydrogen-bond donors (Lipinski definition) is 0. The molecule has 0 unspecified atom stereocenters. The second-order valence-corrected chi connectivity index (χ2v) is 7.41. The molecule has 0 saturated heterocycles. The third-order valence-electron chi connectivity index (χ3n) is 5.33. The molecule has 1 amide bonds. The van der Waals surface area contributed by atoms with E-state index in [2.05, 4.69) is 20.6 Å². The van der Waals surface area contributed by atoms with Crippen molar-refractivity contribution in [2.45, 2.75) is 51.6 Å². The first-order valence-electron chi connectivity index (χ1n) is 9.56. The van der Waals surface area contributed by atoms with Crippen molar-refractivity contribution in [1.29, 1.82) is 0 Å². The second-order valence-electron chi connectivity index (χ2n) is 7.41. The first kappa shape index (κ1) is 17.6. The number of nitrogens with zero attached hydrogens (tertiary/aromatic N) is 6. The summed E-state index contributed by atoms with van der Waals surface area (Å²) in [6.45, 7) is 1.28. The lowest BCUT2D eigenvalue weighted by Crippen LogP contribution is -2.26. The Balaban J connectivity index is 1.34. The van der Waals surface area contributed by atoms with Crippen molar-refractivity contribution in [3.8, 4) is 0 Å². The van der Waals surface area contributed by atoms with Crippen LogP contribution in [-0.4, -0.2) is 43.2 Å². The van der Waals surface area contributed by atoms with Crippen LogP contribution < -0.4 is 0 Å². The zero-order valence-corrected chi connectivity index (χ0v) is 15.5. The standard InChI is InChI=1S/C19H24N6O2/c1-24(12-15-7-8-16-17(11-15)22-27-21-16)19(26)18-13-25(23-20-18)10-9-14-5-3-2-4-6-14/h7-8,11,13-14H,2-6,9-10,12H2,1H3. The lowest BCUT2D eigenvalue weighted by Gasteiger charge is -2.20. The average molecular weight is 368 g/mol. The molecule has 4 rings (SSSR count). The molecule has 1 aromatic carbocycles. The van der Waals surface area contributed by atoms with Gasteiger partial charge in [0.15, 0.2) is 5.69 Å². The minimum Gasteiger partial charge on any atom is -0.336 e. The van der Waals surface area contributed by atoms with Crippen LogP contribution >= 0.6 is 0 Å². The summed E-state index contributed by atoms with van der Waals surface area (Å²) in [6.07, 6.45) is 9.54. The van der Waals surface area contributed by atoms with Crippen molar-refractivity contribution in [2.24, 2.45) is 5.92 Å². The first-order chi connectivity index (χ1) is 13.2. The van der Waals surface area contributed by atoms with Crippen LogP contribution in [0.2, 0.25) is 0 Å². The summed E-state index contributed by atoms with van der Waals surface area (Å²) in [6, 6.07) is 5.62. The first-order valence-corrected chi connectivity index (χ1v) is 9.56. The number of fused-ring (bicyclic) bond motifs is 1. The van der Waals surface area contributed by atoms with E-state index < -0.39 is 0 Å². The molecule has 8 nitrogen and oxygen atoms in total. The number of hydrogen-bond acceptors (Lipinski definition) is 6. The molecule has 0 spiro atoms. The molecule has 2 aromatic heterocycles. The Hall–Kier alpha value is -2.77. The minimum absolute atomic E-state index is 0.141. The van der Waals surface area contributed by atoms with Crippen LogP contribution in [0, 0.1) is 5.92 Å². The van der Waals surface area contributed by atoms with Gasteiger partial charge in [-0.25, -0.2) is 4.63 Å². The van der Waals surface area contributed by atoms with Gasteiger partial charge in [0.05, 0.1) is 6.20 Å². The Bertz CT molecular complexity index is 912. The predicted molar refractivity (Wildman–Crippen MR) is 98.8 cm³/mol. The predicted octanol–water partition coefficient (Wildman–Crippen LogP) is 3.06. The molecule has 8 heteroatoms. The Kier molecular flexibility index (Phi) is 5.13. The van der Waals surface area contributed by atoms with Gasteiger partial charge in [0.2, 0.25) is 0 Å². The molecule has 0 atom stereocenters. The van der Waals surface area contributed by atoms with Gasteiger partial charge in [-0.15, -0.1) is 5.10 Å². The van der Waals surface area contributed by atoms with E-state index in [4.69, 9.17) is 4.63 Å². The van der Waals surface area contributed by atoms with Gasteiger partial charge in [0.1, 0.15) is 11.0 Å². The van der Waals surface area contributed by atoms with E-state index in [0.29, 0.717) is 23.3 Å². The molecule has 0 N–H and O–H groups in total. The third-order valence-corrected chi connectivity index (χ3v) is 5.33. The fourth-order valence-electron chi connectivity index (χ4n) is 3.76. The van der Waals surface area contributed by atoms with Crippen molar-refractivity contribution in [2.75, 3.05) is 7.05 Å². The molecule has 3 aromatic rings. The summed E-state index contributed by atoms with van der Waals surface area (Å²) >= 11 is 0. The topological polar surface area (TPSA) is 89.9 Å². The van der Waals surface area contributed by atoms with E-state index in [1.807, 2.05) is 18.2 Å². The highest BCUT2D eigenvalue weighted by Gasteiger charge is 2.18. The summed E-state index contributed by atoms with van der Waals surface area (Å²) in [4.78, 5) is 14.3. The van der Waals surface area contributed by atoms with Crippen LogP contribution in [0.4, 0.5) is 0 Å². The summed E-state index contributed by atoms with van der Waals surface area (Å²) in [5.74, 6) is 0.642. The van der Waals surface area contributed by atoms with Crippen molar-refractivity contribution < 1.29 is 9.42 Å². The SMILES string of the molecule is CN(Cc1ccc2nonc2c1)C(=O)c1cn(CCC2CCCCC2)nn1. The number of rotatable bonds is 6. The lowest BCUT2D eigenvalue weighted by molar-refractivity contribution is 0.0779. The molecule has 27 heavy (non-hydrogen) atoms. The normalized spacial score (nSPS) is 15.3. The van der Waals surface area contributed by atoms with E-state index in [-0.39, 0.29) is 5.91 Å². The number of amides is 1. The van der Waals surface area contributed by atoms with Gasteiger partial charge >= 0.3 is 0 Å². The van der Waals surface area contributed by atoms with Crippen LogP contribution in [-0.2, 0) is 13.1 Å². The maximum absolute atomic E-state index is 12.6. The summed E-state index contributed by atoms with van der Waals surface area (Å²) in [5.41, 5.74) is 2.72. The molecule has 1 aliphatic rings. The fraction of sp³-hybridized carbons (Fsp3) is 0.526. The number of carbonyl (C=O) groups excluding carboxylic acids is 1. The smallest absolute Gasteiger partial charge is 0.276 e. The van der Waals surface area contributed by atoms with E-state index in [0.717, 1.165) is 24.4 Å². The molecule has 0 radical (unpaired) electrons. The minimum atomic E-state index is -0.141. The van der Waals surface area contributed by atoms with Crippen LogP contribution in [0.3, 0.4) is 0 Å². The van der Waals surface area contributed by atoms with E-state index in [9.17, 15) is 4.79 Å². The lowest BCUT2D eigenvalue weighted by atomic mass is 9.87. The molecular formula is C19H24N6O2. The van der Waals surface area contributed by atoms with Crippen LogP contribution in [0.1, 0.15) is 54.6 Å². The van der Waals surface area contributed by atoms with Gasteiger partial charge in [-0.3, -0.25) is 9.48 Å². The van der Waals surface area contributed by atoms with Crippen molar-refractivity contribution in [3.63, 3.8) is 0 Å². The van der Waals surface area contributed by atoms with Crippen LogP contribution in [0.5, 0.6) is 0 Å². The molecule has 2 heterocycles. The van der Waals surface area contributed by atoms with Crippen LogP contribution in [0.25, 0.3) is 11.0 Å². The third kappa shape index (κ3) is 4.15. The van der Waals surface area contributed by atoms with Crippen molar-refractivity contribution >= 4 is 16.9 Å². The Morgan fingerprint density at radius 3 is 2.89 bits per heavy atom. The Morgan fingerprint density at radius 1 is 1.22 bits per heavy atom. The number of aromatic nitrogens is 5. The highest BCUT2D eigenvalue weighted by atomic mass is 16.6. The van der Waals surface area contributed by atoms with Crippen LogP contribution in [0.15, 0.2) is 29.0 Å². The maximum atomic E-state index is 12.6. The van der Waals surface area contributed by atoms with Gasteiger partial charge < -0.3 is 4.90 Å². The number of carbonyl (C=O) groups is 1. The quantitative estimate of drug-likeness (QED) is 0.664. The zero-order valence-electron chi connectivity index (χ0n) is 15.5. The summed E-state index contributed by atoms with van der Waals surface area (Å²) in [7, 11) is 1.76. The van der Waals surface area contributed by atoms with E-state index in [1.54, 1.807) is 22.8 Å². The van der Waals surface area contributed by atoms with Gasteiger partial charge in [-0.1, -0.05) is 43.4 Å². The van der Waals surface area contributed by atoms with Gasteiger partial charge in [0, 0.05) is 20.1 Å². The van der Waals surface area contributed by atoms with E-state index >= 15 is 0 Å². The average Bonchev–Trinajstić information content (AvgIpc) is 3.35. The highest BCUT2D eigenvalue weighted by Crippen LogP contribution is 2.26. The van der Waals surface area contributed by atoms with Crippen molar-refractivity contribution in [3.05, 3.63) is 35.7 Å². The summed E-state index contributed by atoms with van der Waals surface area (Å²) in [5, 5.41) is 15.8. The fourth-order valence-corrected chi connectivity index (χ4v) is 3.76. The van der Waals surface area contributed by atoms with Gasteiger partial charge in [0.25, 0.3) is 5.91 Å². The number of aryl methyl sites for hydroxylation is 1. The monoisotopic (exact) mass is 368 g/mol. The maximum Gasteiger partial charge on any atom is 0.276 e. The molecule has 1 aliphatic carbocycles. The largest absolute Gasteiger partial charge is 0.336 e. The molecule has 0 bridgehead atoms. The zero-order chi connectivity index (χ0) is 18.6. The Morgan fingerprint density at radius 2 is 2.04 bits per heavy atom. The Labute approximate surface area is 157 Å². The van der Waals surface area contributed by atoms with Gasteiger partial charge in [-0.05, 0) is 40.3 Å². The molecule has 1 saturated carbocycles. The second kappa shape index (κ2) is 7.85. The molecule has 1 fully saturated rings. The van der Waals surface area contributed by atoms with Crippen molar-refractivity contribution in [1.82, 2.24) is 30.2 Å². The molecular weight excluding hydrogens is 344 g/mol. The molecule has 142 valence electrons. The number of benzene rings is 1. The highest BCUT2D eigenvalue weighted by molar-refractivity contribution is 5.91.